The number of anilines is 2. The van der Waals surface area contributed by atoms with E-state index in [1.54, 1.807) is 30.3 Å². The van der Waals surface area contributed by atoms with Crippen molar-refractivity contribution in [2.75, 3.05) is 10.6 Å². The molecule has 0 aliphatic carbocycles. The number of amides is 2. The summed E-state index contributed by atoms with van der Waals surface area (Å²) in [5.41, 5.74) is 1.95. The van der Waals surface area contributed by atoms with Crippen molar-refractivity contribution in [1.29, 1.82) is 0 Å². The Kier molecular flexibility index (Phi) is 6.36. The zero-order chi connectivity index (χ0) is 18.4. The third-order valence-electron chi connectivity index (χ3n) is 3.40. The molecule has 0 bridgehead atoms. The Morgan fingerprint density at radius 2 is 1.60 bits per heavy atom. The smallest absolute Gasteiger partial charge is 0.237 e. The number of Topliss-reactive ketones (excluding diaryl/α,β-unsaturated/α-hetero) is 1. The van der Waals surface area contributed by atoms with E-state index in [9.17, 15) is 14.4 Å². The maximum atomic E-state index is 12.3. The summed E-state index contributed by atoms with van der Waals surface area (Å²) >= 11 is 1.40. The van der Waals surface area contributed by atoms with Gasteiger partial charge in [0, 0.05) is 28.8 Å². The molecule has 1 atom stereocenters. The molecule has 0 heterocycles. The molecule has 0 aromatic heterocycles. The lowest BCUT2D eigenvalue weighted by molar-refractivity contribution is -0.115. The first-order valence-electron chi connectivity index (χ1n) is 7.81. The Morgan fingerprint density at radius 1 is 0.920 bits per heavy atom. The molecule has 2 aromatic rings. The molecule has 0 spiro atoms. The highest BCUT2D eigenvalue weighted by molar-refractivity contribution is 8.00. The first-order valence-corrected chi connectivity index (χ1v) is 8.69. The third kappa shape index (κ3) is 5.76. The van der Waals surface area contributed by atoms with Crippen LogP contribution in [0.15, 0.2) is 53.4 Å². The van der Waals surface area contributed by atoms with Crippen LogP contribution in [0.2, 0.25) is 0 Å². The average Bonchev–Trinajstić information content (AvgIpc) is 2.55. The number of rotatable bonds is 6. The van der Waals surface area contributed by atoms with Gasteiger partial charge in [0.1, 0.15) is 0 Å². The average molecular weight is 356 g/mol. The highest BCUT2D eigenvalue weighted by Crippen LogP contribution is 2.26. The first-order chi connectivity index (χ1) is 11.8. The van der Waals surface area contributed by atoms with E-state index in [-0.39, 0.29) is 22.8 Å². The predicted molar refractivity (Wildman–Crippen MR) is 101 cm³/mol. The van der Waals surface area contributed by atoms with Crippen molar-refractivity contribution in [3.8, 4) is 0 Å². The van der Waals surface area contributed by atoms with Crippen LogP contribution in [-0.4, -0.2) is 22.8 Å². The molecule has 1 unspecified atom stereocenters. The summed E-state index contributed by atoms with van der Waals surface area (Å²) in [7, 11) is 0. The van der Waals surface area contributed by atoms with Gasteiger partial charge in [-0.1, -0.05) is 6.07 Å². The molecule has 0 fully saturated rings. The van der Waals surface area contributed by atoms with E-state index in [2.05, 4.69) is 10.6 Å². The minimum atomic E-state index is -0.319. The van der Waals surface area contributed by atoms with Gasteiger partial charge in [0.05, 0.1) is 5.25 Å². The van der Waals surface area contributed by atoms with Crippen molar-refractivity contribution in [3.63, 3.8) is 0 Å². The van der Waals surface area contributed by atoms with Crippen LogP contribution >= 0.6 is 11.8 Å². The van der Waals surface area contributed by atoms with Crippen molar-refractivity contribution >= 4 is 40.7 Å². The Bertz CT molecular complexity index is 788. The number of benzene rings is 2. The molecule has 25 heavy (non-hydrogen) atoms. The number of nitrogens with one attached hydrogen (secondary N) is 2. The van der Waals surface area contributed by atoms with Gasteiger partial charge in [0.25, 0.3) is 0 Å². The molecule has 2 amide bonds. The monoisotopic (exact) mass is 356 g/mol. The number of ketones is 1. The fourth-order valence-electron chi connectivity index (χ4n) is 2.14. The normalized spacial score (nSPS) is 11.5. The molecule has 0 saturated carbocycles. The van der Waals surface area contributed by atoms with E-state index in [1.807, 2.05) is 25.1 Å². The van der Waals surface area contributed by atoms with E-state index in [1.165, 1.54) is 25.6 Å². The summed E-state index contributed by atoms with van der Waals surface area (Å²) < 4.78 is 0. The van der Waals surface area contributed by atoms with Gasteiger partial charge in [-0.25, -0.2) is 0 Å². The molecule has 2 N–H and O–H groups in total. The van der Waals surface area contributed by atoms with Gasteiger partial charge in [-0.15, -0.1) is 11.8 Å². The second-order valence-corrected chi connectivity index (χ2v) is 7.01. The molecule has 2 rings (SSSR count). The van der Waals surface area contributed by atoms with E-state index >= 15 is 0 Å². The Morgan fingerprint density at radius 3 is 2.20 bits per heavy atom. The number of hydrogen-bond acceptors (Lipinski definition) is 4. The molecule has 6 heteroatoms. The molecule has 2 aromatic carbocycles. The summed E-state index contributed by atoms with van der Waals surface area (Å²) in [5.74, 6) is -0.284. The number of hydrogen-bond donors (Lipinski definition) is 2. The zero-order valence-corrected chi connectivity index (χ0v) is 15.1. The number of carbonyl (C=O) groups is 3. The number of thioether (sulfide) groups is 1. The minimum absolute atomic E-state index is 0.0131. The molecular formula is C19H20N2O3S. The van der Waals surface area contributed by atoms with E-state index in [0.29, 0.717) is 16.9 Å². The Hall–Kier alpha value is -2.60. The molecule has 0 aliphatic heterocycles. The van der Waals surface area contributed by atoms with Gasteiger partial charge in [0.15, 0.2) is 5.78 Å². The van der Waals surface area contributed by atoms with Gasteiger partial charge < -0.3 is 10.6 Å². The summed E-state index contributed by atoms with van der Waals surface area (Å²) in [6.07, 6.45) is 0. The summed E-state index contributed by atoms with van der Waals surface area (Å²) in [6.45, 7) is 4.77. The molecule has 0 saturated heterocycles. The van der Waals surface area contributed by atoms with Gasteiger partial charge in [-0.2, -0.15) is 0 Å². The van der Waals surface area contributed by atoms with Crippen molar-refractivity contribution < 1.29 is 14.4 Å². The van der Waals surface area contributed by atoms with Gasteiger partial charge in [-0.3, -0.25) is 14.4 Å². The lowest BCUT2D eigenvalue weighted by atomic mass is 10.1. The van der Waals surface area contributed by atoms with Crippen molar-refractivity contribution in [1.82, 2.24) is 0 Å². The third-order valence-corrected chi connectivity index (χ3v) is 4.49. The van der Waals surface area contributed by atoms with Crippen LogP contribution in [0.4, 0.5) is 11.4 Å². The van der Waals surface area contributed by atoms with Crippen LogP contribution in [0.25, 0.3) is 0 Å². The van der Waals surface area contributed by atoms with E-state index in [4.69, 9.17) is 0 Å². The topological polar surface area (TPSA) is 75.3 Å². The Balaban J connectivity index is 1.98. The fraction of sp³-hybridized carbons (Fsp3) is 0.211. The SMILES string of the molecule is CC(=O)Nc1cccc(SC(C)C(=O)Nc2ccc(C(C)=O)cc2)c1. The van der Waals surface area contributed by atoms with Crippen LogP contribution in [0.1, 0.15) is 31.1 Å². The first kappa shape index (κ1) is 18.7. The molecule has 130 valence electrons. The van der Waals surface area contributed by atoms with E-state index < -0.39 is 0 Å². The minimum Gasteiger partial charge on any atom is -0.326 e. The molecule has 0 radical (unpaired) electrons. The van der Waals surface area contributed by atoms with Crippen molar-refractivity contribution in [2.24, 2.45) is 0 Å². The maximum Gasteiger partial charge on any atom is 0.237 e. The predicted octanol–water partition coefficient (Wildman–Crippen LogP) is 3.97. The van der Waals surface area contributed by atoms with Gasteiger partial charge in [-0.05, 0) is 56.3 Å². The van der Waals surface area contributed by atoms with E-state index in [0.717, 1.165) is 4.90 Å². The zero-order valence-electron chi connectivity index (χ0n) is 14.3. The van der Waals surface area contributed by atoms with Crippen LogP contribution in [-0.2, 0) is 9.59 Å². The van der Waals surface area contributed by atoms with Crippen LogP contribution < -0.4 is 10.6 Å². The lowest BCUT2D eigenvalue weighted by Gasteiger charge is -2.13. The second-order valence-electron chi connectivity index (χ2n) is 5.59. The molecular weight excluding hydrogens is 336 g/mol. The second kappa shape index (κ2) is 8.48. The van der Waals surface area contributed by atoms with Gasteiger partial charge in [0.2, 0.25) is 11.8 Å². The van der Waals surface area contributed by atoms with Crippen LogP contribution in [0.3, 0.4) is 0 Å². The summed E-state index contributed by atoms with van der Waals surface area (Å²) in [4.78, 5) is 35.6. The molecule has 0 aliphatic rings. The van der Waals surface area contributed by atoms with Gasteiger partial charge >= 0.3 is 0 Å². The highest BCUT2D eigenvalue weighted by atomic mass is 32.2. The maximum absolute atomic E-state index is 12.3. The molecule has 5 nitrogen and oxygen atoms in total. The number of carbonyl (C=O) groups excluding carboxylic acids is 3. The summed E-state index contributed by atoms with van der Waals surface area (Å²) in [6, 6.07) is 14.1. The Labute approximate surface area is 151 Å². The quantitative estimate of drug-likeness (QED) is 0.607. The van der Waals surface area contributed by atoms with Crippen molar-refractivity contribution in [3.05, 3.63) is 54.1 Å². The van der Waals surface area contributed by atoms with Crippen molar-refractivity contribution in [2.45, 2.75) is 30.9 Å². The highest BCUT2D eigenvalue weighted by Gasteiger charge is 2.15. The fourth-order valence-corrected chi connectivity index (χ4v) is 3.07. The lowest BCUT2D eigenvalue weighted by Crippen LogP contribution is -2.22. The largest absolute Gasteiger partial charge is 0.326 e. The summed E-state index contributed by atoms with van der Waals surface area (Å²) in [5, 5.41) is 5.24. The standard InChI is InChI=1S/C19H20N2O3S/c1-12(22)15-7-9-16(10-8-15)21-19(24)13(2)25-18-6-4-5-17(11-18)20-14(3)23/h4-11,13H,1-3H3,(H,20,23)(H,21,24). The van der Waals surface area contributed by atoms with Crippen LogP contribution in [0, 0.1) is 0 Å². The van der Waals surface area contributed by atoms with Crippen LogP contribution in [0.5, 0.6) is 0 Å².